The van der Waals surface area contributed by atoms with Gasteiger partial charge in [-0.1, -0.05) is 26.0 Å². The zero-order valence-electron chi connectivity index (χ0n) is 13.6. The van der Waals surface area contributed by atoms with E-state index in [4.69, 9.17) is 0 Å². The van der Waals surface area contributed by atoms with Crippen molar-refractivity contribution in [1.29, 1.82) is 0 Å². The predicted octanol–water partition coefficient (Wildman–Crippen LogP) is 1.80. The fraction of sp³-hybridized carbons (Fsp3) is 0.312. The number of hydrogen-bond donors (Lipinski definition) is 2. The normalized spacial score (nSPS) is 11.5. The van der Waals surface area contributed by atoms with Crippen LogP contribution in [0.1, 0.15) is 29.9 Å². The summed E-state index contributed by atoms with van der Waals surface area (Å²) >= 11 is 0. The number of carbonyl (C=O) groups excluding carboxylic acids is 1. The molecule has 128 valence electrons. The molecule has 0 bridgehead atoms. The summed E-state index contributed by atoms with van der Waals surface area (Å²) in [6.45, 7) is 4.27. The lowest BCUT2D eigenvalue weighted by Crippen LogP contribution is -2.28. The number of aromatic nitrogens is 2. The predicted molar refractivity (Wildman–Crippen MR) is 91.9 cm³/mol. The van der Waals surface area contributed by atoms with E-state index in [0.29, 0.717) is 17.8 Å². The third kappa shape index (κ3) is 5.71. The van der Waals surface area contributed by atoms with Gasteiger partial charge in [-0.2, -0.15) is 0 Å². The molecular weight excluding hydrogens is 328 g/mol. The van der Waals surface area contributed by atoms with Crippen LogP contribution in [0.5, 0.6) is 0 Å². The molecule has 0 aliphatic carbocycles. The number of nitrogens with zero attached hydrogens (tertiary/aromatic N) is 2. The maximum atomic E-state index is 12.0. The second-order valence-electron chi connectivity index (χ2n) is 5.75. The Morgan fingerprint density at radius 2 is 2.04 bits per heavy atom. The van der Waals surface area contributed by atoms with E-state index in [9.17, 15) is 13.2 Å². The van der Waals surface area contributed by atoms with Crippen LogP contribution < -0.4 is 10.0 Å². The highest BCUT2D eigenvalue weighted by molar-refractivity contribution is 7.88. The molecule has 0 aliphatic rings. The summed E-state index contributed by atoms with van der Waals surface area (Å²) in [7, 11) is -3.41. The second-order valence-corrected chi connectivity index (χ2v) is 7.55. The van der Waals surface area contributed by atoms with Crippen molar-refractivity contribution in [3.8, 4) is 0 Å². The van der Waals surface area contributed by atoms with E-state index in [0.717, 1.165) is 0 Å². The number of hydrogen-bond acceptors (Lipinski definition) is 5. The third-order valence-corrected chi connectivity index (χ3v) is 4.37. The van der Waals surface area contributed by atoms with Crippen molar-refractivity contribution in [1.82, 2.24) is 14.7 Å². The lowest BCUT2D eigenvalue weighted by Gasteiger charge is -2.10. The van der Waals surface area contributed by atoms with E-state index >= 15 is 0 Å². The lowest BCUT2D eigenvalue weighted by molar-refractivity contribution is 0.102. The van der Waals surface area contributed by atoms with Crippen molar-refractivity contribution in [2.75, 3.05) is 11.9 Å². The molecule has 24 heavy (non-hydrogen) atoms. The zero-order valence-corrected chi connectivity index (χ0v) is 14.4. The quantitative estimate of drug-likeness (QED) is 0.794. The molecule has 0 fully saturated rings. The molecule has 7 nitrogen and oxygen atoms in total. The first-order valence-corrected chi connectivity index (χ1v) is 9.14. The fourth-order valence-corrected chi connectivity index (χ4v) is 3.22. The van der Waals surface area contributed by atoms with Gasteiger partial charge in [0.25, 0.3) is 5.91 Å². The maximum absolute atomic E-state index is 12.0. The molecule has 0 radical (unpaired) electrons. The SMILES string of the molecule is CC(C)CNS(=O)(=O)Cc1cccc(NC(=O)c2cnccn2)c1. The molecule has 0 spiro atoms. The van der Waals surface area contributed by atoms with Gasteiger partial charge in [0.2, 0.25) is 10.0 Å². The van der Waals surface area contributed by atoms with Crippen LogP contribution in [-0.2, 0) is 15.8 Å². The summed E-state index contributed by atoms with van der Waals surface area (Å²) in [4.78, 5) is 19.8. The number of nitrogens with one attached hydrogen (secondary N) is 2. The van der Waals surface area contributed by atoms with Crippen molar-refractivity contribution >= 4 is 21.6 Å². The molecule has 0 saturated carbocycles. The van der Waals surface area contributed by atoms with Crippen molar-refractivity contribution in [3.63, 3.8) is 0 Å². The molecule has 1 aromatic heterocycles. The molecule has 8 heteroatoms. The molecule has 1 amide bonds. The van der Waals surface area contributed by atoms with Crippen LogP contribution in [0.25, 0.3) is 0 Å². The minimum Gasteiger partial charge on any atom is -0.321 e. The van der Waals surface area contributed by atoms with Gasteiger partial charge in [-0.3, -0.25) is 9.78 Å². The molecule has 2 N–H and O–H groups in total. The number of carbonyl (C=O) groups is 1. The Labute approximate surface area is 141 Å². The second kappa shape index (κ2) is 7.98. The summed E-state index contributed by atoms with van der Waals surface area (Å²) in [5.74, 6) is -0.312. The van der Waals surface area contributed by atoms with Gasteiger partial charge in [0.1, 0.15) is 5.69 Å². The Balaban J connectivity index is 2.05. The summed E-state index contributed by atoms with van der Waals surface area (Å²) in [6, 6.07) is 6.71. The maximum Gasteiger partial charge on any atom is 0.275 e. The van der Waals surface area contributed by atoms with Crippen molar-refractivity contribution < 1.29 is 13.2 Å². The van der Waals surface area contributed by atoms with E-state index in [-0.39, 0.29) is 17.4 Å². The van der Waals surface area contributed by atoms with Crippen molar-refractivity contribution in [3.05, 3.63) is 54.1 Å². The first kappa shape index (κ1) is 18.0. The van der Waals surface area contributed by atoms with E-state index in [1.54, 1.807) is 24.3 Å². The molecule has 0 aliphatic heterocycles. The van der Waals surface area contributed by atoms with Gasteiger partial charge in [-0.15, -0.1) is 0 Å². The van der Waals surface area contributed by atoms with Crippen LogP contribution in [0.4, 0.5) is 5.69 Å². The monoisotopic (exact) mass is 348 g/mol. The van der Waals surface area contributed by atoms with Crippen molar-refractivity contribution in [2.24, 2.45) is 5.92 Å². The lowest BCUT2D eigenvalue weighted by atomic mass is 10.2. The number of amides is 1. The highest BCUT2D eigenvalue weighted by Crippen LogP contribution is 2.14. The highest BCUT2D eigenvalue weighted by Gasteiger charge is 2.13. The van der Waals surface area contributed by atoms with E-state index < -0.39 is 15.9 Å². The summed E-state index contributed by atoms with van der Waals surface area (Å²) in [6.07, 6.45) is 4.27. The summed E-state index contributed by atoms with van der Waals surface area (Å²) in [5.41, 5.74) is 1.28. The third-order valence-electron chi connectivity index (χ3n) is 3.05. The topological polar surface area (TPSA) is 101 Å². The number of benzene rings is 1. The number of anilines is 1. The van der Waals surface area contributed by atoms with E-state index in [1.807, 2.05) is 13.8 Å². The highest BCUT2D eigenvalue weighted by atomic mass is 32.2. The van der Waals surface area contributed by atoms with E-state index in [1.165, 1.54) is 18.6 Å². The standard InChI is InChI=1S/C16H20N4O3S/c1-12(2)9-19-24(22,23)11-13-4-3-5-14(8-13)20-16(21)15-10-17-6-7-18-15/h3-8,10,12,19H,9,11H2,1-2H3,(H,20,21). The minimum absolute atomic E-state index is 0.144. The van der Waals surface area contributed by atoms with Crippen LogP contribution in [-0.4, -0.2) is 30.8 Å². The molecule has 0 saturated heterocycles. The molecule has 1 heterocycles. The van der Waals surface area contributed by atoms with Gasteiger partial charge >= 0.3 is 0 Å². The van der Waals surface area contributed by atoms with Gasteiger partial charge in [0.15, 0.2) is 0 Å². The first-order valence-electron chi connectivity index (χ1n) is 7.49. The van der Waals surface area contributed by atoms with Crippen LogP contribution in [0.3, 0.4) is 0 Å². The Morgan fingerprint density at radius 3 is 2.71 bits per heavy atom. The van der Waals surface area contributed by atoms with Crippen LogP contribution in [0.15, 0.2) is 42.9 Å². The van der Waals surface area contributed by atoms with Gasteiger partial charge < -0.3 is 5.32 Å². The molecule has 2 rings (SSSR count). The molecule has 2 aromatic rings. The van der Waals surface area contributed by atoms with Crippen LogP contribution >= 0.6 is 0 Å². The molecular formula is C16H20N4O3S. The zero-order chi connectivity index (χ0) is 17.6. The fourth-order valence-electron chi connectivity index (χ4n) is 1.91. The van der Waals surface area contributed by atoms with Gasteiger partial charge in [0, 0.05) is 24.6 Å². The average molecular weight is 348 g/mol. The molecule has 0 unspecified atom stereocenters. The number of sulfonamides is 1. The van der Waals surface area contributed by atoms with Gasteiger partial charge in [-0.25, -0.2) is 18.1 Å². The molecule has 0 atom stereocenters. The largest absolute Gasteiger partial charge is 0.321 e. The summed E-state index contributed by atoms with van der Waals surface area (Å²) in [5, 5.41) is 2.68. The first-order chi connectivity index (χ1) is 11.4. The smallest absolute Gasteiger partial charge is 0.275 e. The Hall–Kier alpha value is -2.32. The Bertz CT molecular complexity index is 792. The van der Waals surface area contributed by atoms with Crippen LogP contribution in [0, 0.1) is 5.92 Å². The molecule has 1 aromatic carbocycles. The number of rotatable bonds is 7. The van der Waals surface area contributed by atoms with Gasteiger partial charge in [0.05, 0.1) is 11.9 Å². The summed E-state index contributed by atoms with van der Waals surface area (Å²) < 4.78 is 26.6. The average Bonchev–Trinajstić information content (AvgIpc) is 2.54. The van der Waals surface area contributed by atoms with E-state index in [2.05, 4.69) is 20.0 Å². The Kier molecular flexibility index (Phi) is 5.99. The van der Waals surface area contributed by atoms with Crippen molar-refractivity contribution in [2.45, 2.75) is 19.6 Å². The minimum atomic E-state index is -3.41. The van der Waals surface area contributed by atoms with Crippen LogP contribution in [0.2, 0.25) is 0 Å². The van der Waals surface area contributed by atoms with Gasteiger partial charge in [-0.05, 0) is 23.6 Å². The Morgan fingerprint density at radius 1 is 1.25 bits per heavy atom.